The Morgan fingerprint density at radius 3 is 2.47 bits per heavy atom. The maximum absolute atomic E-state index is 5.29. The van der Waals surface area contributed by atoms with E-state index in [9.17, 15) is 0 Å². The molecule has 2 nitrogen and oxygen atoms in total. The molecule has 1 fully saturated rings. The van der Waals surface area contributed by atoms with Crippen molar-refractivity contribution >= 4 is 12.2 Å². The van der Waals surface area contributed by atoms with Gasteiger partial charge in [0.2, 0.25) is 0 Å². The number of rotatable bonds is 2. The van der Waals surface area contributed by atoms with Crippen LogP contribution in [0.25, 0.3) is 0 Å². The smallest absolute Gasteiger partial charge is 0.130 e. The van der Waals surface area contributed by atoms with Crippen molar-refractivity contribution in [3.63, 3.8) is 0 Å². The van der Waals surface area contributed by atoms with Crippen molar-refractivity contribution in [1.82, 2.24) is 9.97 Å². The number of H-pyrrole nitrogens is 1. The first-order valence-electron chi connectivity index (χ1n) is 6.85. The average molecular weight is 270 g/mol. The van der Waals surface area contributed by atoms with Crippen LogP contribution in [-0.4, -0.2) is 9.97 Å². The minimum absolute atomic E-state index is 0.0286. The Balaban J connectivity index is 2.18. The number of hydrogen-bond donors (Lipinski definition) is 1. The van der Waals surface area contributed by atoms with Crippen LogP contribution in [0.4, 0.5) is 0 Å². The van der Waals surface area contributed by atoms with Crippen molar-refractivity contribution < 1.29 is 0 Å². The molecule has 1 heterocycles. The highest BCUT2D eigenvalue weighted by Gasteiger charge is 2.39. The summed E-state index contributed by atoms with van der Waals surface area (Å²) in [4.78, 5) is 8.08. The number of nitrogens with one attached hydrogen (secondary N) is 1. The third-order valence-electron chi connectivity index (χ3n) is 4.11. The van der Waals surface area contributed by atoms with Gasteiger partial charge in [-0.3, -0.25) is 0 Å². The molecule has 98 valence electrons. The average Bonchev–Trinajstić information content (AvgIpc) is 2.89. The van der Waals surface area contributed by atoms with Crippen molar-refractivity contribution in [3.8, 4) is 0 Å². The van der Waals surface area contributed by atoms with E-state index in [2.05, 4.69) is 47.2 Å². The SMILES string of the molecule is Cc1cc(=S)nc(C2(c3ccccc3)CCCC2)[nH]1. The van der Waals surface area contributed by atoms with Crippen LogP contribution in [0, 0.1) is 11.6 Å². The van der Waals surface area contributed by atoms with Crippen molar-refractivity contribution in [3.05, 3.63) is 58.1 Å². The molecule has 0 bridgehead atoms. The third kappa shape index (κ3) is 2.23. The monoisotopic (exact) mass is 270 g/mol. The quantitative estimate of drug-likeness (QED) is 0.824. The predicted octanol–water partition coefficient (Wildman–Crippen LogP) is 4.31. The normalized spacial score (nSPS) is 17.5. The van der Waals surface area contributed by atoms with Crippen LogP contribution < -0.4 is 0 Å². The van der Waals surface area contributed by atoms with E-state index in [4.69, 9.17) is 12.2 Å². The van der Waals surface area contributed by atoms with E-state index >= 15 is 0 Å². The van der Waals surface area contributed by atoms with Crippen LogP contribution in [0.15, 0.2) is 36.4 Å². The van der Waals surface area contributed by atoms with E-state index in [0.29, 0.717) is 4.64 Å². The molecule has 1 aromatic carbocycles. The van der Waals surface area contributed by atoms with Crippen molar-refractivity contribution in [2.75, 3.05) is 0 Å². The summed E-state index contributed by atoms with van der Waals surface area (Å²) in [7, 11) is 0. The molecule has 0 spiro atoms. The molecule has 1 N–H and O–H groups in total. The van der Waals surface area contributed by atoms with Crippen LogP contribution in [0.3, 0.4) is 0 Å². The lowest BCUT2D eigenvalue weighted by molar-refractivity contribution is 0.497. The Labute approximate surface area is 118 Å². The topological polar surface area (TPSA) is 28.7 Å². The van der Waals surface area contributed by atoms with E-state index < -0.39 is 0 Å². The largest absolute Gasteiger partial charge is 0.347 e. The Hall–Kier alpha value is -1.48. The van der Waals surface area contributed by atoms with Gasteiger partial charge in [-0.05, 0) is 31.4 Å². The number of hydrogen-bond acceptors (Lipinski definition) is 2. The predicted molar refractivity (Wildman–Crippen MR) is 79.8 cm³/mol. The molecule has 1 aliphatic carbocycles. The molecular formula is C16H18N2S. The Bertz CT molecular complexity index is 625. The summed E-state index contributed by atoms with van der Waals surface area (Å²) in [6.07, 6.45) is 4.81. The molecule has 1 aromatic heterocycles. The summed E-state index contributed by atoms with van der Waals surface area (Å²) in [5.41, 5.74) is 2.48. The Morgan fingerprint density at radius 2 is 1.84 bits per heavy atom. The fourth-order valence-electron chi connectivity index (χ4n) is 3.20. The van der Waals surface area contributed by atoms with Gasteiger partial charge < -0.3 is 4.98 Å². The first-order chi connectivity index (χ1) is 9.21. The Kier molecular flexibility index (Phi) is 3.23. The van der Waals surface area contributed by atoms with Crippen LogP contribution in [0.2, 0.25) is 0 Å². The molecule has 0 aliphatic heterocycles. The van der Waals surface area contributed by atoms with Gasteiger partial charge in [0, 0.05) is 5.69 Å². The summed E-state index contributed by atoms with van der Waals surface area (Å²) in [5.74, 6) is 1.04. The van der Waals surface area contributed by atoms with Crippen LogP contribution >= 0.6 is 12.2 Å². The first kappa shape index (κ1) is 12.5. The summed E-state index contributed by atoms with van der Waals surface area (Å²) in [6.45, 7) is 2.05. The highest BCUT2D eigenvalue weighted by molar-refractivity contribution is 7.71. The van der Waals surface area contributed by atoms with Crippen LogP contribution in [-0.2, 0) is 5.41 Å². The lowest BCUT2D eigenvalue weighted by Gasteiger charge is -2.29. The van der Waals surface area contributed by atoms with Gasteiger partial charge in [-0.2, -0.15) is 0 Å². The zero-order chi connectivity index (χ0) is 13.3. The fraction of sp³-hybridized carbons (Fsp3) is 0.375. The van der Waals surface area contributed by atoms with Gasteiger partial charge in [-0.1, -0.05) is 55.4 Å². The van der Waals surface area contributed by atoms with Gasteiger partial charge in [0.05, 0.1) is 5.41 Å². The van der Waals surface area contributed by atoms with Crippen molar-refractivity contribution in [2.24, 2.45) is 0 Å². The summed E-state index contributed by atoms with van der Waals surface area (Å²) in [5, 5.41) is 0. The lowest BCUT2D eigenvalue weighted by Crippen LogP contribution is -2.27. The van der Waals surface area contributed by atoms with E-state index in [0.717, 1.165) is 24.4 Å². The van der Waals surface area contributed by atoms with Gasteiger partial charge in [0.25, 0.3) is 0 Å². The van der Waals surface area contributed by atoms with E-state index in [1.165, 1.54) is 18.4 Å². The summed E-state index contributed by atoms with van der Waals surface area (Å²) >= 11 is 5.29. The molecule has 0 amide bonds. The van der Waals surface area contributed by atoms with Crippen LogP contribution in [0.5, 0.6) is 0 Å². The zero-order valence-electron chi connectivity index (χ0n) is 11.1. The lowest BCUT2D eigenvalue weighted by atomic mass is 9.78. The van der Waals surface area contributed by atoms with E-state index in [1.807, 2.05) is 6.07 Å². The molecular weight excluding hydrogens is 252 g/mol. The molecule has 19 heavy (non-hydrogen) atoms. The maximum Gasteiger partial charge on any atom is 0.130 e. The Morgan fingerprint density at radius 1 is 1.16 bits per heavy atom. The van der Waals surface area contributed by atoms with Gasteiger partial charge in [0.15, 0.2) is 0 Å². The standard InChI is InChI=1S/C16H18N2S/c1-12-11-14(19)18-15(17-12)16(9-5-6-10-16)13-7-3-2-4-8-13/h2-4,7-8,11H,5-6,9-10H2,1H3,(H,17,18,19). The van der Waals surface area contributed by atoms with Gasteiger partial charge in [0.1, 0.15) is 10.5 Å². The number of aromatic amines is 1. The number of nitrogens with zero attached hydrogens (tertiary/aromatic N) is 1. The van der Waals surface area contributed by atoms with Gasteiger partial charge >= 0.3 is 0 Å². The second kappa shape index (κ2) is 4.89. The molecule has 1 aliphatic rings. The van der Waals surface area contributed by atoms with Crippen molar-refractivity contribution in [1.29, 1.82) is 0 Å². The van der Waals surface area contributed by atoms with Crippen molar-refractivity contribution in [2.45, 2.75) is 38.0 Å². The van der Waals surface area contributed by atoms with Gasteiger partial charge in [-0.25, -0.2) is 4.98 Å². The molecule has 0 saturated heterocycles. The van der Waals surface area contributed by atoms with E-state index in [-0.39, 0.29) is 5.41 Å². The molecule has 3 heteroatoms. The number of aromatic nitrogens is 2. The number of benzene rings is 1. The zero-order valence-corrected chi connectivity index (χ0v) is 12.0. The molecule has 0 atom stereocenters. The van der Waals surface area contributed by atoms with E-state index in [1.54, 1.807) is 0 Å². The highest BCUT2D eigenvalue weighted by atomic mass is 32.1. The minimum Gasteiger partial charge on any atom is -0.347 e. The maximum atomic E-state index is 5.29. The van der Waals surface area contributed by atoms with Gasteiger partial charge in [-0.15, -0.1) is 0 Å². The summed E-state index contributed by atoms with van der Waals surface area (Å²) in [6, 6.07) is 12.6. The molecule has 0 radical (unpaired) electrons. The fourth-order valence-corrected chi connectivity index (χ4v) is 3.47. The number of aryl methyl sites for hydroxylation is 1. The second-order valence-corrected chi connectivity index (χ2v) is 5.82. The molecule has 3 rings (SSSR count). The second-order valence-electron chi connectivity index (χ2n) is 5.41. The summed E-state index contributed by atoms with van der Waals surface area (Å²) < 4.78 is 0.688. The first-order valence-corrected chi connectivity index (χ1v) is 7.25. The minimum atomic E-state index is 0.0286. The molecule has 2 aromatic rings. The van der Waals surface area contributed by atoms with Crippen LogP contribution in [0.1, 0.15) is 42.8 Å². The molecule has 0 unspecified atom stereocenters. The third-order valence-corrected chi connectivity index (χ3v) is 4.32. The molecule has 1 saturated carbocycles. The highest BCUT2D eigenvalue weighted by Crippen LogP contribution is 2.44.